The second kappa shape index (κ2) is 6.75. The van der Waals surface area contributed by atoms with Gasteiger partial charge < -0.3 is 5.32 Å². The first-order chi connectivity index (χ1) is 8.25. The summed E-state index contributed by atoms with van der Waals surface area (Å²) in [4.78, 5) is 2.83. The predicted octanol–water partition coefficient (Wildman–Crippen LogP) is 2.89. The van der Waals surface area contributed by atoms with Crippen molar-refractivity contribution in [1.29, 1.82) is 0 Å². The first kappa shape index (κ1) is 13.4. The number of nitrogens with one attached hydrogen (secondary N) is 1. The third-order valence-electron chi connectivity index (χ3n) is 4.39. The van der Waals surface area contributed by atoms with Gasteiger partial charge in [0, 0.05) is 19.1 Å². The van der Waals surface area contributed by atoms with Crippen LogP contribution in [0.5, 0.6) is 0 Å². The molecule has 0 bridgehead atoms. The monoisotopic (exact) mass is 238 g/mol. The molecule has 2 fully saturated rings. The average Bonchev–Trinajstić information content (AvgIpc) is 2.82. The SMILES string of the molecule is CC(C)CN(CC1CCNCC1)C1CCCC1. The van der Waals surface area contributed by atoms with Crippen molar-refractivity contribution < 1.29 is 0 Å². The maximum absolute atomic E-state index is 3.48. The van der Waals surface area contributed by atoms with Crippen molar-refractivity contribution in [3.63, 3.8) is 0 Å². The van der Waals surface area contributed by atoms with Gasteiger partial charge in [-0.1, -0.05) is 26.7 Å². The summed E-state index contributed by atoms with van der Waals surface area (Å²) in [5, 5.41) is 3.48. The van der Waals surface area contributed by atoms with Crippen LogP contribution in [0.2, 0.25) is 0 Å². The van der Waals surface area contributed by atoms with Crippen molar-refractivity contribution in [3.8, 4) is 0 Å². The van der Waals surface area contributed by atoms with E-state index >= 15 is 0 Å². The molecule has 0 aromatic carbocycles. The molecule has 2 rings (SSSR count). The fourth-order valence-corrected chi connectivity index (χ4v) is 3.51. The van der Waals surface area contributed by atoms with E-state index in [1.165, 1.54) is 64.7 Å². The highest BCUT2D eigenvalue weighted by Gasteiger charge is 2.25. The van der Waals surface area contributed by atoms with Crippen molar-refractivity contribution in [2.75, 3.05) is 26.2 Å². The highest BCUT2D eigenvalue weighted by Crippen LogP contribution is 2.26. The molecule has 0 radical (unpaired) electrons. The smallest absolute Gasteiger partial charge is 0.00954 e. The van der Waals surface area contributed by atoms with Gasteiger partial charge in [-0.25, -0.2) is 0 Å². The van der Waals surface area contributed by atoms with E-state index in [1.807, 2.05) is 0 Å². The number of hydrogen-bond acceptors (Lipinski definition) is 2. The van der Waals surface area contributed by atoms with E-state index in [-0.39, 0.29) is 0 Å². The molecule has 100 valence electrons. The molecule has 1 saturated carbocycles. The molecule has 1 aliphatic heterocycles. The minimum Gasteiger partial charge on any atom is -0.317 e. The molecule has 0 spiro atoms. The predicted molar refractivity (Wildman–Crippen MR) is 74.3 cm³/mol. The lowest BCUT2D eigenvalue weighted by Crippen LogP contribution is -2.42. The van der Waals surface area contributed by atoms with E-state index in [4.69, 9.17) is 0 Å². The summed E-state index contributed by atoms with van der Waals surface area (Å²) in [5.41, 5.74) is 0. The fourth-order valence-electron chi connectivity index (χ4n) is 3.51. The third kappa shape index (κ3) is 4.26. The zero-order valence-electron chi connectivity index (χ0n) is 11.8. The molecule has 0 amide bonds. The van der Waals surface area contributed by atoms with Crippen LogP contribution in [0, 0.1) is 11.8 Å². The molecule has 1 N–H and O–H groups in total. The Bertz CT molecular complexity index is 203. The van der Waals surface area contributed by atoms with E-state index in [9.17, 15) is 0 Å². The lowest BCUT2D eigenvalue weighted by molar-refractivity contribution is 0.137. The van der Waals surface area contributed by atoms with Crippen LogP contribution in [0.15, 0.2) is 0 Å². The van der Waals surface area contributed by atoms with Crippen LogP contribution in [0.1, 0.15) is 52.4 Å². The van der Waals surface area contributed by atoms with Gasteiger partial charge in [-0.2, -0.15) is 0 Å². The molecule has 0 unspecified atom stereocenters. The van der Waals surface area contributed by atoms with Crippen molar-refractivity contribution in [2.45, 2.75) is 58.4 Å². The van der Waals surface area contributed by atoms with Crippen LogP contribution in [-0.2, 0) is 0 Å². The van der Waals surface area contributed by atoms with Gasteiger partial charge >= 0.3 is 0 Å². The van der Waals surface area contributed by atoms with Gasteiger partial charge in [0.2, 0.25) is 0 Å². The Hall–Kier alpha value is -0.0800. The van der Waals surface area contributed by atoms with Crippen LogP contribution < -0.4 is 5.32 Å². The minimum absolute atomic E-state index is 0.817. The van der Waals surface area contributed by atoms with Gasteiger partial charge in [0.1, 0.15) is 0 Å². The van der Waals surface area contributed by atoms with Gasteiger partial charge in [0.15, 0.2) is 0 Å². The zero-order chi connectivity index (χ0) is 12.1. The van der Waals surface area contributed by atoms with E-state index in [0.717, 1.165) is 17.9 Å². The average molecular weight is 238 g/mol. The first-order valence-electron chi connectivity index (χ1n) is 7.70. The normalized spacial score (nSPS) is 24.0. The topological polar surface area (TPSA) is 15.3 Å². The number of hydrogen-bond donors (Lipinski definition) is 1. The highest BCUT2D eigenvalue weighted by atomic mass is 15.2. The molecular formula is C15H30N2. The summed E-state index contributed by atoms with van der Waals surface area (Å²) in [6.45, 7) is 9.89. The Kier molecular flexibility index (Phi) is 5.30. The van der Waals surface area contributed by atoms with Crippen LogP contribution in [0.3, 0.4) is 0 Å². The lowest BCUT2D eigenvalue weighted by Gasteiger charge is -2.35. The number of nitrogens with zero attached hydrogens (tertiary/aromatic N) is 1. The molecule has 2 nitrogen and oxygen atoms in total. The Morgan fingerprint density at radius 3 is 2.29 bits per heavy atom. The van der Waals surface area contributed by atoms with Gasteiger partial charge in [-0.15, -0.1) is 0 Å². The molecule has 2 heteroatoms. The molecule has 1 heterocycles. The third-order valence-corrected chi connectivity index (χ3v) is 4.39. The molecule has 1 saturated heterocycles. The zero-order valence-corrected chi connectivity index (χ0v) is 11.8. The number of rotatable bonds is 5. The largest absolute Gasteiger partial charge is 0.317 e. The Morgan fingerprint density at radius 1 is 1.06 bits per heavy atom. The molecule has 0 atom stereocenters. The second-order valence-electron chi connectivity index (χ2n) is 6.48. The maximum atomic E-state index is 3.48. The van der Waals surface area contributed by atoms with Crippen LogP contribution >= 0.6 is 0 Å². The molecule has 0 aromatic rings. The van der Waals surface area contributed by atoms with Gasteiger partial charge in [-0.05, 0) is 50.6 Å². The van der Waals surface area contributed by atoms with Gasteiger partial charge in [0.25, 0.3) is 0 Å². The Labute approximate surface area is 107 Å². The highest BCUT2D eigenvalue weighted by molar-refractivity contribution is 4.81. The van der Waals surface area contributed by atoms with Gasteiger partial charge in [0.05, 0.1) is 0 Å². The van der Waals surface area contributed by atoms with Crippen molar-refractivity contribution >= 4 is 0 Å². The van der Waals surface area contributed by atoms with Crippen LogP contribution in [0.25, 0.3) is 0 Å². The van der Waals surface area contributed by atoms with Crippen molar-refractivity contribution in [2.24, 2.45) is 11.8 Å². The molecular weight excluding hydrogens is 208 g/mol. The summed E-state index contributed by atoms with van der Waals surface area (Å²) in [5.74, 6) is 1.77. The minimum atomic E-state index is 0.817. The van der Waals surface area contributed by atoms with Crippen LogP contribution in [0.4, 0.5) is 0 Å². The summed E-state index contributed by atoms with van der Waals surface area (Å²) >= 11 is 0. The van der Waals surface area contributed by atoms with Crippen molar-refractivity contribution in [1.82, 2.24) is 10.2 Å². The summed E-state index contributed by atoms with van der Waals surface area (Å²) < 4.78 is 0. The number of piperidine rings is 1. The van der Waals surface area contributed by atoms with E-state index in [1.54, 1.807) is 0 Å². The molecule has 0 aromatic heterocycles. The summed E-state index contributed by atoms with van der Waals surface area (Å²) in [6.07, 6.45) is 8.62. The van der Waals surface area contributed by atoms with Crippen molar-refractivity contribution in [3.05, 3.63) is 0 Å². The van der Waals surface area contributed by atoms with Gasteiger partial charge in [-0.3, -0.25) is 4.90 Å². The van der Waals surface area contributed by atoms with E-state index < -0.39 is 0 Å². The quantitative estimate of drug-likeness (QED) is 0.792. The standard InChI is InChI=1S/C15H30N2/c1-13(2)11-17(15-5-3-4-6-15)12-14-7-9-16-10-8-14/h13-16H,3-12H2,1-2H3. The molecule has 17 heavy (non-hydrogen) atoms. The molecule has 1 aliphatic carbocycles. The Morgan fingerprint density at radius 2 is 1.71 bits per heavy atom. The summed E-state index contributed by atoms with van der Waals surface area (Å²) in [7, 11) is 0. The Balaban J connectivity index is 1.84. The summed E-state index contributed by atoms with van der Waals surface area (Å²) in [6, 6.07) is 0.910. The molecule has 2 aliphatic rings. The first-order valence-corrected chi connectivity index (χ1v) is 7.70. The maximum Gasteiger partial charge on any atom is 0.00954 e. The second-order valence-corrected chi connectivity index (χ2v) is 6.48. The van der Waals surface area contributed by atoms with E-state index in [0.29, 0.717) is 0 Å². The van der Waals surface area contributed by atoms with E-state index in [2.05, 4.69) is 24.1 Å². The van der Waals surface area contributed by atoms with Crippen LogP contribution in [-0.4, -0.2) is 37.1 Å². The fraction of sp³-hybridized carbons (Fsp3) is 1.00. The lowest BCUT2D eigenvalue weighted by atomic mass is 9.96.